The summed E-state index contributed by atoms with van der Waals surface area (Å²) in [5.41, 5.74) is 1.70. The molecule has 2 aliphatic rings. The van der Waals surface area contributed by atoms with E-state index in [9.17, 15) is 19.8 Å². The van der Waals surface area contributed by atoms with E-state index in [4.69, 9.17) is 9.47 Å². The Kier molecular flexibility index (Phi) is 4.86. The molecule has 160 valence electrons. The van der Waals surface area contributed by atoms with Gasteiger partial charge in [0, 0.05) is 18.7 Å². The van der Waals surface area contributed by atoms with Crippen LogP contribution in [-0.2, 0) is 22.5 Å². The standard InChI is InChI=1S/C23H22N2O6/c26-12-18-23(20(28)21(31-18)25-9-8-19(27)24-22(25)29)11-16-7-6-15(10-17(16)13-30-23)14-4-2-1-3-5-14/h1-10,18,20-21,26,28H,11-13H2,(H,24,27,29)/t18-,20+,21-,23-/m1/s1. The summed E-state index contributed by atoms with van der Waals surface area (Å²) in [6.45, 7) is -0.150. The Bertz CT molecular complexity index is 1220. The van der Waals surface area contributed by atoms with Crippen LogP contribution in [0.2, 0.25) is 0 Å². The minimum atomic E-state index is -1.23. The molecule has 3 N–H and O–H groups in total. The fourth-order valence-corrected chi connectivity index (χ4v) is 4.53. The molecule has 0 bridgehead atoms. The number of aromatic amines is 1. The molecule has 0 saturated carbocycles. The van der Waals surface area contributed by atoms with Gasteiger partial charge in [-0.2, -0.15) is 0 Å². The van der Waals surface area contributed by atoms with Crippen molar-refractivity contribution < 1.29 is 19.7 Å². The largest absolute Gasteiger partial charge is 0.394 e. The van der Waals surface area contributed by atoms with Crippen LogP contribution in [0.15, 0.2) is 70.4 Å². The number of nitrogens with one attached hydrogen (secondary N) is 1. The highest BCUT2D eigenvalue weighted by atomic mass is 16.6. The predicted molar refractivity (Wildman–Crippen MR) is 111 cm³/mol. The van der Waals surface area contributed by atoms with Gasteiger partial charge >= 0.3 is 5.69 Å². The first-order valence-electron chi connectivity index (χ1n) is 10.1. The van der Waals surface area contributed by atoms with Crippen LogP contribution in [0.25, 0.3) is 11.1 Å². The summed E-state index contributed by atoms with van der Waals surface area (Å²) in [5, 5.41) is 21.1. The van der Waals surface area contributed by atoms with E-state index in [0.29, 0.717) is 6.42 Å². The number of H-pyrrole nitrogens is 1. The third-order valence-corrected chi connectivity index (χ3v) is 6.19. The van der Waals surface area contributed by atoms with E-state index in [1.54, 1.807) is 0 Å². The van der Waals surface area contributed by atoms with Crippen LogP contribution in [0.3, 0.4) is 0 Å². The molecule has 0 radical (unpaired) electrons. The fourth-order valence-electron chi connectivity index (χ4n) is 4.53. The van der Waals surface area contributed by atoms with E-state index in [1.807, 2.05) is 42.5 Å². The van der Waals surface area contributed by atoms with Gasteiger partial charge < -0.3 is 19.7 Å². The molecule has 4 atom stereocenters. The van der Waals surface area contributed by atoms with Gasteiger partial charge in [0.25, 0.3) is 5.56 Å². The van der Waals surface area contributed by atoms with Gasteiger partial charge in [0.15, 0.2) is 6.23 Å². The monoisotopic (exact) mass is 422 g/mol. The molecular weight excluding hydrogens is 400 g/mol. The fraction of sp³-hybridized carbons (Fsp3) is 0.304. The van der Waals surface area contributed by atoms with Gasteiger partial charge in [0.1, 0.15) is 17.8 Å². The Balaban J connectivity index is 1.49. The average Bonchev–Trinajstić information content (AvgIpc) is 3.05. The Morgan fingerprint density at radius 2 is 1.87 bits per heavy atom. The van der Waals surface area contributed by atoms with Crippen LogP contribution in [0.1, 0.15) is 17.4 Å². The van der Waals surface area contributed by atoms with Gasteiger partial charge in [-0.15, -0.1) is 0 Å². The van der Waals surface area contributed by atoms with E-state index >= 15 is 0 Å². The first-order chi connectivity index (χ1) is 15.0. The summed E-state index contributed by atoms with van der Waals surface area (Å²) in [5.74, 6) is 0. The summed E-state index contributed by atoms with van der Waals surface area (Å²) in [6.07, 6.45) is -1.57. The number of nitrogens with zero attached hydrogens (tertiary/aromatic N) is 1. The SMILES string of the molecule is O=c1ccn([C@@H]2O[C@H](CO)[C@]3(Cc4ccc(-c5ccccc5)cc4CO3)[C@H]2O)c(=O)[nH]1. The number of fused-ring (bicyclic) bond motifs is 1. The van der Waals surface area contributed by atoms with Crippen molar-refractivity contribution >= 4 is 0 Å². The summed E-state index contributed by atoms with van der Waals surface area (Å²) < 4.78 is 13.1. The van der Waals surface area contributed by atoms with Gasteiger partial charge in [-0.1, -0.05) is 42.5 Å². The molecule has 3 aromatic rings. The van der Waals surface area contributed by atoms with Crippen molar-refractivity contribution in [3.8, 4) is 11.1 Å². The third kappa shape index (κ3) is 3.24. The normalized spacial score (nSPS) is 27.4. The summed E-state index contributed by atoms with van der Waals surface area (Å²) in [4.78, 5) is 25.8. The van der Waals surface area contributed by atoms with E-state index in [2.05, 4.69) is 11.1 Å². The molecule has 8 heteroatoms. The maximum Gasteiger partial charge on any atom is 0.330 e. The van der Waals surface area contributed by atoms with Crippen molar-refractivity contribution in [2.75, 3.05) is 6.61 Å². The van der Waals surface area contributed by atoms with Crippen LogP contribution in [0.5, 0.6) is 0 Å². The first-order valence-corrected chi connectivity index (χ1v) is 10.1. The zero-order valence-corrected chi connectivity index (χ0v) is 16.6. The second-order valence-electron chi connectivity index (χ2n) is 7.93. The molecule has 31 heavy (non-hydrogen) atoms. The quantitative estimate of drug-likeness (QED) is 0.580. The highest BCUT2D eigenvalue weighted by molar-refractivity contribution is 5.65. The van der Waals surface area contributed by atoms with Crippen molar-refractivity contribution in [1.29, 1.82) is 0 Å². The molecular formula is C23H22N2O6. The smallest absolute Gasteiger partial charge is 0.330 e. The Hall–Kier alpha value is -3.04. The van der Waals surface area contributed by atoms with Crippen LogP contribution in [0, 0.1) is 0 Å². The Labute approximate surface area is 177 Å². The number of rotatable bonds is 3. The second kappa shape index (κ2) is 7.58. The topological polar surface area (TPSA) is 114 Å². The number of ether oxygens (including phenoxy) is 2. The number of aromatic nitrogens is 2. The van der Waals surface area contributed by atoms with Crippen LogP contribution in [-0.4, -0.2) is 44.2 Å². The molecule has 3 heterocycles. The molecule has 1 aromatic heterocycles. The molecule has 8 nitrogen and oxygen atoms in total. The molecule has 1 spiro atoms. The zero-order chi connectivity index (χ0) is 21.6. The molecule has 0 aliphatic carbocycles. The second-order valence-corrected chi connectivity index (χ2v) is 7.93. The molecule has 2 aromatic carbocycles. The first kappa shape index (κ1) is 19.9. The van der Waals surface area contributed by atoms with Gasteiger partial charge in [-0.25, -0.2) is 4.79 Å². The van der Waals surface area contributed by atoms with Crippen molar-refractivity contribution in [3.05, 3.63) is 92.8 Å². The minimum Gasteiger partial charge on any atom is -0.394 e. The lowest BCUT2D eigenvalue weighted by atomic mass is 9.81. The third-order valence-electron chi connectivity index (χ3n) is 6.19. The molecule has 1 saturated heterocycles. The Morgan fingerprint density at radius 3 is 2.61 bits per heavy atom. The molecule has 0 unspecified atom stereocenters. The number of benzene rings is 2. The maximum atomic E-state index is 12.2. The lowest BCUT2D eigenvalue weighted by molar-refractivity contribution is -0.152. The van der Waals surface area contributed by atoms with Gasteiger partial charge in [0.05, 0.1) is 13.2 Å². The summed E-state index contributed by atoms with van der Waals surface area (Å²) in [7, 11) is 0. The summed E-state index contributed by atoms with van der Waals surface area (Å²) in [6, 6.07) is 17.3. The van der Waals surface area contributed by atoms with E-state index in [-0.39, 0.29) is 13.2 Å². The molecule has 5 rings (SSSR count). The number of hydrogen-bond acceptors (Lipinski definition) is 6. The van der Waals surface area contributed by atoms with E-state index in [0.717, 1.165) is 26.8 Å². The lowest BCUT2D eigenvalue weighted by Gasteiger charge is -2.40. The van der Waals surface area contributed by atoms with E-state index in [1.165, 1.54) is 12.3 Å². The van der Waals surface area contributed by atoms with Gasteiger partial charge in [-0.05, 0) is 28.3 Å². The average molecular weight is 422 g/mol. The Morgan fingerprint density at radius 1 is 1.06 bits per heavy atom. The van der Waals surface area contributed by atoms with Gasteiger partial charge in [0.2, 0.25) is 0 Å². The van der Waals surface area contributed by atoms with E-state index < -0.39 is 35.3 Å². The lowest BCUT2D eigenvalue weighted by Crippen LogP contribution is -2.55. The molecule has 1 fully saturated rings. The van der Waals surface area contributed by atoms with Crippen molar-refractivity contribution in [1.82, 2.24) is 9.55 Å². The predicted octanol–water partition coefficient (Wildman–Crippen LogP) is 0.966. The van der Waals surface area contributed by atoms with Crippen molar-refractivity contribution in [2.24, 2.45) is 0 Å². The highest BCUT2D eigenvalue weighted by Gasteiger charge is 2.59. The number of aliphatic hydroxyl groups excluding tert-OH is 2. The van der Waals surface area contributed by atoms with Crippen LogP contribution in [0.4, 0.5) is 0 Å². The van der Waals surface area contributed by atoms with Crippen molar-refractivity contribution in [3.63, 3.8) is 0 Å². The van der Waals surface area contributed by atoms with Crippen LogP contribution >= 0.6 is 0 Å². The van der Waals surface area contributed by atoms with Crippen LogP contribution < -0.4 is 11.2 Å². The zero-order valence-electron chi connectivity index (χ0n) is 16.6. The number of hydrogen-bond donors (Lipinski definition) is 3. The van der Waals surface area contributed by atoms with Crippen molar-refractivity contribution in [2.45, 2.75) is 37.1 Å². The highest BCUT2D eigenvalue weighted by Crippen LogP contribution is 2.45. The van der Waals surface area contributed by atoms with Gasteiger partial charge in [-0.3, -0.25) is 14.3 Å². The molecule has 0 amide bonds. The summed E-state index contributed by atoms with van der Waals surface area (Å²) >= 11 is 0. The molecule has 2 aliphatic heterocycles. The minimum absolute atomic E-state index is 0.236. The maximum absolute atomic E-state index is 12.2. The number of aliphatic hydroxyl groups is 2.